The number of amides is 1. The number of ether oxygens (including phenoxy) is 1. The zero-order chi connectivity index (χ0) is 21.3. The highest BCUT2D eigenvalue weighted by molar-refractivity contribution is 6.51. The minimum absolute atomic E-state index is 0.0675. The van der Waals surface area contributed by atoms with Gasteiger partial charge in [-0.3, -0.25) is 14.5 Å². The second-order valence-corrected chi connectivity index (χ2v) is 7.14. The molecule has 1 heterocycles. The van der Waals surface area contributed by atoms with Gasteiger partial charge < -0.3 is 9.84 Å². The molecule has 4 rings (SSSR count). The molecule has 1 atom stereocenters. The van der Waals surface area contributed by atoms with Crippen LogP contribution in [0.4, 0.5) is 5.69 Å². The molecule has 150 valence electrons. The number of benzene rings is 3. The number of aliphatic hydroxyl groups excluding tert-OH is 1. The molecule has 5 nitrogen and oxygen atoms in total. The van der Waals surface area contributed by atoms with Crippen molar-refractivity contribution in [1.29, 1.82) is 0 Å². The number of carbonyl (C=O) groups excluding carboxylic acids is 2. The largest absolute Gasteiger partial charge is 0.507 e. The maximum absolute atomic E-state index is 13.0. The predicted molar refractivity (Wildman–Crippen MR) is 115 cm³/mol. The highest BCUT2D eigenvalue weighted by Crippen LogP contribution is 2.42. The summed E-state index contributed by atoms with van der Waals surface area (Å²) in [5.74, 6) is -0.907. The Bertz CT molecular complexity index is 1120. The van der Waals surface area contributed by atoms with Gasteiger partial charge in [0, 0.05) is 11.3 Å². The number of nitrogens with zero attached hydrogens (tertiary/aromatic N) is 1. The van der Waals surface area contributed by atoms with Crippen LogP contribution in [0.1, 0.15) is 22.7 Å². The van der Waals surface area contributed by atoms with Crippen LogP contribution in [0.2, 0.25) is 0 Å². The fourth-order valence-electron chi connectivity index (χ4n) is 3.66. The van der Waals surface area contributed by atoms with Gasteiger partial charge in [-0.05, 0) is 36.8 Å². The van der Waals surface area contributed by atoms with E-state index in [9.17, 15) is 14.7 Å². The first kappa shape index (κ1) is 19.5. The Labute approximate surface area is 174 Å². The third-order valence-corrected chi connectivity index (χ3v) is 5.24. The molecule has 30 heavy (non-hydrogen) atoms. The van der Waals surface area contributed by atoms with E-state index < -0.39 is 17.7 Å². The molecule has 1 N–H and O–H groups in total. The van der Waals surface area contributed by atoms with Crippen LogP contribution < -0.4 is 9.64 Å². The van der Waals surface area contributed by atoms with Crippen molar-refractivity contribution in [3.05, 3.63) is 101 Å². The number of aliphatic hydroxyl groups is 1. The molecule has 0 aromatic heterocycles. The summed E-state index contributed by atoms with van der Waals surface area (Å²) in [6.07, 6.45) is 0. The van der Waals surface area contributed by atoms with Crippen molar-refractivity contribution < 1.29 is 19.4 Å². The number of aryl methyl sites for hydroxylation is 1. The molecule has 3 aromatic rings. The Morgan fingerprint density at radius 1 is 0.900 bits per heavy atom. The standard InChI is InChI=1S/C25H21NO4/c1-16-8-10-18(11-9-16)23(27)21-22(17-12-14-20(30-2)15-13-17)26(25(29)24(21)28)19-6-4-3-5-7-19/h3-15,22,27H,1-2H3/t22-/m0/s1. The normalized spacial score (nSPS) is 17.9. The van der Waals surface area contributed by atoms with E-state index in [2.05, 4.69) is 0 Å². The average molecular weight is 399 g/mol. The average Bonchev–Trinajstić information content (AvgIpc) is 3.05. The maximum Gasteiger partial charge on any atom is 0.300 e. The minimum atomic E-state index is -0.750. The van der Waals surface area contributed by atoms with Crippen molar-refractivity contribution in [3.63, 3.8) is 0 Å². The molecule has 1 aliphatic heterocycles. The summed E-state index contributed by atoms with van der Waals surface area (Å²) in [5, 5.41) is 11.1. The van der Waals surface area contributed by atoms with Gasteiger partial charge in [0.25, 0.3) is 11.7 Å². The van der Waals surface area contributed by atoms with Crippen LogP contribution >= 0.6 is 0 Å². The molecule has 5 heteroatoms. The molecule has 3 aromatic carbocycles. The number of hydrogen-bond donors (Lipinski definition) is 1. The second kappa shape index (κ2) is 7.87. The highest BCUT2D eigenvalue weighted by atomic mass is 16.5. The number of methoxy groups -OCH3 is 1. The lowest BCUT2D eigenvalue weighted by atomic mass is 9.95. The summed E-state index contributed by atoms with van der Waals surface area (Å²) >= 11 is 0. The first-order valence-electron chi connectivity index (χ1n) is 9.58. The van der Waals surface area contributed by atoms with Crippen LogP contribution in [0.15, 0.2) is 84.4 Å². The zero-order valence-corrected chi connectivity index (χ0v) is 16.7. The first-order valence-corrected chi connectivity index (χ1v) is 9.58. The van der Waals surface area contributed by atoms with Gasteiger partial charge in [-0.2, -0.15) is 0 Å². The van der Waals surface area contributed by atoms with E-state index in [-0.39, 0.29) is 11.3 Å². The predicted octanol–water partition coefficient (Wildman–Crippen LogP) is 4.63. The number of anilines is 1. The Morgan fingerprint density at radius 2 is 1.53 bits per heavy atom. The van der Waals surface area contributed by atoms with Crippen LogP contribution in [-0.4, -0.2) is 23.9 Å². The Hall–Kier alpha value is -3.86. The van der Waals surface area contributed by atoms with Crippen LogP contribution in [0.25, 0.3) is 5.76 Å². The molecule has 0 saturated carbocycles. The van der Waals surface area contributed by atoms with Gasteiger partial charge in [0.05, 0.1) is 18.7 Å². The Balaban J connectivity index is 1.92. The molecule has 0 unspecified atom stereocenters. The number of Topliss-reactive ketones (excluding diaryl/α,β-unsaturated/α-hetero) is 1. The molecular weight excluding hydrogens is 378 g/mol. The van der Waals surface area contributed by atoms with E-state index >= 15 is 0 Å². The smallest absolute Gasteiger partial charge is 0.300 e. The van der Waals surface area contributed by atoms with Crippen molar-refractivity contribution in [2.75, 3.05) is 12.0 Å². The van der Waals surface area contributed by atoms with Gasteiger partial charge in [-0.1, -0.05) is 60.2 Å². The lowest BCUT2D eigenvalue weighted by Crippen LogP contribution is -2.29. The second-order valence-electron chi connectivity index (χ2n) is 7.14. The maximum atomic E-state index is 13.0. The fourth-order valence-corrected chi connectivity index (χ4v) is 3.66. The van der Waals surface area contributed by atoms with Crippen LogP contribution in [0.5, 0.6) is 5.75 Å². The van der Waals surface area contributed by atoms with Gasteiger partial charge in [-0.15, -0.1) is 0 Å². The lowest BCUT2D eigenvalue weighted by Gasteiger charge is -2.25. The number of hydrogen-bond acceptors (Lipinski definition) is 4. The number of ketones is 1. The van der Waals surface area contributed by atoms with E-state index in [1.807, 2.05) is 25.1 Å². The van der Waals surface area contributed by atoms with E-state index in [0.717, 1.165) is 5.56 Å². The van der Waals surface area contributed by atoms with Crippen molar-refractivity contribution in [3.8, 4) is 5.75 Å². The minimum Gasteiger partial charge on any atom is -0.507 e. The summed E-state index contributed by atoms with van der Waals surface area (Å²) in [6, 6.07) is 22.6. The zero-order valence-electron chi connectivity index (χ0n) is 16.7. The van der Waals surface area contributed by atoms with Crippen molar-refractivity contribution in [2.24, 2.45) is 0 Å². The van der Waals surface area contributed by atoms with Gasteiger partial charge in [0.15, 0.2) is 0 Å². The molecule has 0 aliphatic carbocycles. The SMILES string of the molecule is COc1ccc([C@H]2C(=C(O)c3ccc(C)cc3)C(=O)C(=O)N2c2ccccc2)cc1. The van der Waals surface area contributed by atoms with Crippen LogP contribution in [0, 0.1) is 6.92 Å². The molecular formula is C25H21NO4. The van der Waals surface area contributed by atoms with Crippen molar-refractivity contribution in [2.45, 2.75) is 13.0 Å². The summed E-state index contributed by atoms with van der Waals surface area (Å²) in [6.45, 7) is 1.94. The topological polar surface area (TPSA) is 66.8 Å². The van der Waals surface area contributed by atoms with E-state index in [0.29, 0.717) is 22.6 Å². The fraction of sp³-hybridized carbons (Fsp3) is 0.120. The van der Waals surface area contributed by atoms with Crippen molar-refractivity contribution >= 4 is 23.1 Å². The van der Waals surface area contributed by atoms with Gasteiger partial charge in [0.2, 0.25) is 0 Å². The van der Waals surface area contributed by atoms with Gasteiger partial charge in [0.1, 0.15) is 11.5 Å². The molecule has 1 amide bonds. The summed E-state index contributed by atoms with van der Waals surface area (Å²) in [4.78, 5) is 27.5. The van der Waals surface area contributed by atoms with Gasteiger partial charge >= 0.3 is 0 Å². The molecule has 0 bridgehead atoms. The first-order chi connectivity index (χ1) is 14.5. The quantitative estimate of drug-likeness (QED) is 0.395. The van der Waals surface area contributed by atoms with Crippen LogP contribution in [-0.2, 0) is 9.59 Å². The summed E-state index contributed by atoms with van der Waals surface area (Å²) < 4.78 is 5.23. The van der Waals surface area contributed by atoms with Crippen LogP contribution in [0.3, 0.4) is 0 Å². The van der Waals surface area contributed by atoms with E-state index in [1.54, 1.807) is 67.8 Å². The third kappa shape index (κ3) is 3.35. The molecule has 0 radical (unpaired) electrons. The molecule has 1 aliphatic rings. The molecule has 1 saturated heterocycles. The number of carbonyl (C=O) groups is 2. The summed E-state index contributed by atoms with van der Waals surface area (Å²) in [7, 11) is 1.57. The summed E-state index contributed by atoms with van der Waals surface area (Å²) in [5.41, 5.74) is 2.88. The Kier molecular flexibility index (Phi) is 5.11. The monoisotopic (exact) mass is 399 g/mol. The lowest BCUT2D eigenvalue weighted by molar-refractivity contribution is -0.132. The van der Waals surface area contributed by atoms with E-state index in [4.69, 9.17) is 4.74 Å². The third-order valence-electron chi connectivity index (χ3n) is 5.24. The Morgan fingerprint density at radius 3 is 2.13 bits per heavy atom. The molecule has 1 fully saturated rings. The highest BCUT2D eigenvalue weighted by Gasteiger charge is 2.46. The molecule has 0 spiro atoms. The van der Waals surface area contributed by atoms with Crippen molar-refractivity contribution in [1.82, 2.24) is 0 Å². The van der Waals surface area contributed by atoms with Gasteiger partial charge in [-0.25, -0.2) is 0 Å². The number of rotatable bonds is 4. The van der Waals surface area contributed by atoms with E-state index in [1.165, 1.54) is 4.90 Å². The number of para-hydroxylation sites is 1.